The first-order valence-corrected chi connectivity index (χ1v) is 5.79. The fourth-order valence-electron chi connectivity index (χ4n) is 2.02. The lowest BCUT2D eigenvalue weighted by molar-refractivity contribution is -0.137. The van der Waals surface area contributed by atoms with Gasteiger partial charge in [0.25, 0.3) is 0 Å². The highest BCUT2D eigenvalue weighted by molar-refractivity contribution is 5.96. The van der Waals surface area contributed by atoms with E-state index in [-0.39, 0.29) is 11.3 Å². The lowest BCUT2D eigenvalue weighted by atomic mass is 10.1. The van der Waals surface area contributed by atoms with Crippen LogP contribution in [0, 0.1) is 19.3 Å². The van der Waals surface area contributed by atoms with Crippen molar-refractivity contribution in [1.29, 1.82) is 5.41 Å². The fourth-order valence-corrected chi connectivity index (χ4v) is 2.02. The van der Waals surface area contributed by atoms with E-state index in [1.807, 2.05) is 0 Å². The van der Waals surface area contributed by atoms with Crippen LogP contribution in [-0.2, 0) is 6.18 Å². The number of hydrogen-bond donors (Lipinski definition) is 2. The molecule has 20 heavy (non-hydrogen) atoms. The van der Waals surface area contributed by atoms with E-state index in [4.69, 9.17) is 11.1 Å². The number of nitrogens with zero attached hydrogens (tertiary/aromatic N) is 2. The van der Waals surface area contributed by atoms with E-state index in [1.54, 1.807) is 19.9 Å². The Morgan fingerprint density at radius 3 is 2.35 bits per heavy atom. The molecule has 1 aromatic carbocycles. The van der Waals surface area contributed by atoms with Crippen LogP contribution in [0.1, 0.15) is 22.5 Å². The zero-order chi connectivity index (χ0) is 15.1. The van der Waals surface area contributed by atoms with Crippen molar-refractivity contribution in [2.45, 2.75) is 20.0 Å². The zero-order valence-electron chi connectivity index (χ0n) is 10.9. The minimum absolute atomic E-state index is 0.285. The maximum atomic E-state index is 13.0. The molecule has 0 bridgehead atoms. The number of rotatable bonds is 2. The molecule has 0 aliphatic heterocycles. The van der Waals surface area contributed by atoms with Gasteiger partial charge in [0.05, 0.1) is 16.9 Å². The first-order valence-electron chi connectivity index (χ1n) is 5.79. The Balaban J connectivity index is 2.64. The van der Waals surface area contributed by atoms with Crippen molar-refractivity contribution in [3.8, 4) is 5.69 Å². The van der Waals surface area contributed by atoms with E-state index in [2.05, 4.69) is 5.10 Å². The third-order valence-corrected chi connectivity index (χ3v) is 2.85. The van der Waals surface area contributed by atoms with Crippen molar-refractivity contribution in [2.75, 3.05) is 0 Å². The summed E-state index contributed by atoms with van der Waals surface area (Å²) in [5.74, 6) is -0.614. The minimum atomic E-state index is -4.58. The zero-order valence-corrected chi connectivity index (χ0v) is 10.9. The van der Waals surface area contributed by atoms with Gasteiger partial charge in [-0.1, -0.05) is 0 Å². The Labute approximate surface area is 113 Å². The monoisotopic (exact) mass is 282 g/mol. The second-order valence-electron chi connectivity index (χ2n) is 4.48. The van der Waals surface area contributed by atoms with Crippen LogP contribution in [0.5, 0.6) is 0 Å². The normalized spacial score (nSPS) is 11.7. The van der Waals surface area contributed by atoms with E-state index < -0.39 is 17.6 Å². The maximum Gasteiger partial charge on any atom is 0.417 e. The minimum Gasteiger partial charge on any atom is -0.384 e. The molecule has 1 aromatic heterocycles. The average molecular weight is 282 g/mol. The van der Waals surface area contributed by atoms with E-state index in [9.17, 15) is 13.2 Å². The summed E-state index contributed by atoms with van der Waals surface area (Å²) in [7, 11) is 0. The highest BCUT2D eigenvalue weighted by atomic mass is 19.4. The SMILES string of the molecule is Cc1cc(C)n(-c2ccc(C(=N)N)c(C(F)(F)F)c2)n1. The lowest BCUT2D eigenvalue weighted by Crippen LogP contribution is -2.19. The van der Waals surface area contributed by atoms with Crippen LogP contribution in [0.2, 0.25) is 0 Å². The molecule has 0 spiro atoms. The number of aryl methyl sites for hydroxylation is 2. The Kier molecular flexibility index (Phi) is 3.29. The van der Waals surface area contributed by atoms with E-state index in [0.29, 0.717) is 5.69 Å². The largest absolute Gasteiger partial charge is 0.417 e. The van der Waals surface area contributed by atoms with Crippen molar-refractivity contribution in [3.05, 3.63) is 46.8 Å². The molecule has 2 aromatic rings. The highest BCUT2D eigenvalue weighted by Crippen LogP contribution is 2.33. The number of hydrogen-bond acceptors (Lipinski definition) is 2. The molecule has 0 aliphatic rings. The molecule has 0 fully saturated rings. The third-order valence-electron chi connectivity index (χ3n) is 2.85. The molecule has 106 valence electrons. The predicted octanol–water partition coefficient (Wildman–Crippen LogP) is 2.79. The molecule has 0 saturated heterocycles. The quantitative estimate of drug-likeness (QED) is 0.657. The van der Waals surface area contributed by atoms with Gasteiger partial charge in [0, 0.05) is 11.3 Å². The van der Waals surface area contributed by atoms with Crippen molar-refractivity contribution in [3.63, 3.8) is 0 Å². The molecular formula is C13H13F3N4. The number of benzene rings is 1. The molecule has 2 rings (SSSR count). The van der Waals surface area contributed by atoms with Crippen LogP contribution < -0.4 is 5.73 Å². The van der Waals surface area contributed by atoms with Gasteiger partial charge in [-0.05, 0) is 38.1 Å². The molecule has 0 amide bonds. The molecule has 1 heterocycles. The Morgan fingerprint density at radius 1 is 1.25 bits per heavy atom. The molecule has 0 unspecified atom stereocenters. The molecule has 3 N–H and O–H groups in total. The van der Waals surface area contributed by atoms with Crippen LogP contribution in [0.15, 0.2) is 24.3 Å². The van der Waals surface area contributed by atoms with Gasteiger partial charge in [-0.2, -0.15) is 18.3 Å². The fraction of sp³-hybridized carbons (Fsp3) is 0.231. The number of nitrogen functional groups attached to an aromatic ring is 1. The van der Waals surface area contributed by atoms with Gasteiger partial charge >= 0.3 is 6.18 Å². The number of nitrogens with one attached hydrogen (secondary N) is 1. The number of alkyl halides is 3. The van der Waals surface area contributed by atoms with Crippen LogP contribution >= 0.6 is 0 Å². The summed E-state index contributed by atoms with van der Waals surface area (Å²) in [6, 6.07) is 5.38. The molecule has 0 saturated carbocycles. The van der Waals surface area contributed by atoms with Gasteiger partial charge < -0.3 is 5.73 Å². The number of aromatic nitrogens is 2. The Hall–Kier alpha value is -2.31. The predicted molar refractivity (Wildman–Crippen MR) is 69.1 cm³/mol. The summed E-state index contributed by atoms with van der Waals surface area (Å²) in [4.78, 5) is 0. The van der Waals surface area contributed by atoms with Gasteiger partial charge in [-0.15, -0.1) is 0 Å². The topological polar surface area (TPSA) is 67.7 Å². The standard InChI is InChI=1S/C13H13F3N4/c1-7-5-8(2)20(19-7)9-3-4-10(12(17)18)11(6-9)13(14,15)16/h3-6H,1-2H3,(H3,17,18). The van der Waals surface area contributed by atoms with Gasteiger partial charge in [-0.3, -0.25) is 5.41 Å². The summed E-state index contributed by atoms with van der Waals surface area (Å²) in [5, 5.41) is 11.4. The second-order valence-corrected chi connectivity index (χ2v) is 4.48. The molecule has 4 nitrogen and oxygen atoms in total. The van der Waals surface area contributed by atoms with E-state index >= 15 is 0 Å². The van der Waals surface area contributed by atoms with Gasteiger partial charge in [0.15, 0.2) is 0 Å². The molecule has 0 atom stereocenters. The first-order chi connectivity index (χ1) is 9.20. The molecule has 0 aliphatic carbocycles. The van der Waals surface area contributed by atoms with E-state index in [0.717, 1.165) is 11.8 Å². The summed E-state index contributed by atoms with van der Waals surface area (Å²) in [6.45, 7) is 3.52. The van der Waals surface area contributed by atoms with Crippen LogP contribution in [0.4, 0.5) is 13.2 Å². The van der Waals surface area contributed by atoms with Gasteiger partial charge in [0.1, 0.15) is 5.84 Å². The van der Waals surface area contributed by atoms with Crippen LogP contribution in [-0.4, -0.2) is 15.6 Å². The average Bonchev–Trinajstić information content (AvgIpc) is 2.66. The Morgan fingerprint density at radius 2 is 1.90 bits per heavy atom. The maximum absolute atomic E-state index is 13.0. The van der Waals surface area contributed by atoms with Crippen molar-refractivity contribution in [1.82, 2.24) is 9.78 Å². The molecular weight excluding hydrogens is 269 g/mol. The summed E-state index contributed by atoms with van der Waals surface area (Å²) >= 11 is 0. The lowest BCUT2D eigenvalue weighted by Gasteiger charge is -2.14. The van der Waals surface area contributed by atoms with Crippen molar-refractivity contribution >= 4 is 5.84 Å². The van der Waals surface area contributed by atoms with Crippen LogP contribution in [0.25, 0.3) is 5.69 Å². The van der Waals surface area contributed by atoms with E-state index in [1.165, 1.54) is 16.8 Å². The number of amidine groups is 1. The smallest absolute Gasteiger partial charge is 0.384 e. The first kappa shape index (κ1) is 14.1. The van der Waals surface area contributed by atoms with Gasteiger partial charge in [-0.25, -0.2) is 4.68 Å². The highest BCUT2D eigenvalue weighted by Gasteiger charge is 2.34. The third kappa shape index (κ3) is 2.52. The summed E-state index contributed by atoms with van der Waals surface area (Å²) in [6.07, 6.45) is -4.58. The number of halogens is 3. The van der Waals surface area contributed by atoms with Gasteiger partial charge in [0.2, 0.25) is 0 Å². The molecule has 0 radical (unpaired) electrons. The van der Waals surface area contributed by atoms with Crippen molar-refractivity contribution < 1.29 is 13.2 Å². The summed E-state index contributed by atoms with van der Waals surface area (Å²) in [5.41, 5.74) is 5.66. The van der Waals surface area contributed by atoms with Crippen LogP contribution in [0.3, 0.4) is 0 Å². The summed E-state index contributed by atoms with van der Waals surface area (Å²) < 4.78 is 40.5. The Bertz CT molecular complexity index is 671. The van der Waals surface area contributed by atoms with Crippen molar-refractivity contribution in [2.24, 2.45) is 5.73 Å². The number of nitrogens with two attached hydrogens (primary N) is 1. The molecule has 7 heteroatoms. The second kappa shape index (κ2) is 4.66.